The number of sulfonamides is 1. The van der Waals surface area contributed by atoms with E-state index in [1.165, 1.54) is 0 Å². The molecule has 0 bridgehead atoms. The second-order valence-electron chi connectivity index (χ2n) is 10.6. The molecule has 0 spiro atoms. The fraction of sp³-hybridized carbons (Fsp3) is 0.517. The number of nitrogens with one attached hydrogen (secondary N) is 1. The number of carbonyl (C=O) groups is 2. The molecule has 40 heavy (non-hydrogen) atoms. The number of benzene rings is 2. The maximum absolute atomic E-state index is 13.0. The van der Waals surface area contributed by atoms with Crippen LogP contribution in [0.2, 0.25) is 0 Å². The highest BCUT2D eigenvalue weighted by Crippen LogP contribution is 2.33. The van der Waals surface area contributed by atoms with E-state index in [0.29, 0.717) is 29.9 Å². The van der Waals surface area contributed by atoms with Gasteiger partial charge in [-0.1, -0.05) is 49.7 Å². The normalized spacial score (nSPS) is 15.8. The van der Waals surface area contributed by atoms with Gasteiger partial charge in [0.1, 0.15) is 31.5 Å². The third-order valence-electron chi connectivity index (χ3n) is 5.71. The minimum absolute atomic E-state index is 0.0331. The molecule has 0 saturated carbocycles. The van der Waals surface area contributed by atoms with E-state index in [1.807, 2.05) is 37.3 Å². The zero-order chi connectivity index (χ0) is 29.2. The summed E-state index contributed by atoms with van der Waals surface area (Å²) >= 11 is 0. The maximum atomic E-state index is 13.0. The topological polar surface area (TPSA) is 126 Å². The van der Waals surface area contributed by atoms with Crippen LogP contribution in [-0.2, 0) is 46.9 Å². The number of ether oxygens (including phenoxy) is 5. The Labute approximate surface area is 236 Å². The fourth-order valence-electron chi connectivity index (χ4n) is 3.86. The number of hydrogen-bond acceptors (Lipinski definition) is 9. The van der Waals surface area contributed by atoms with Crippen molar-refractivity contribution in [2.45, 2.75) is 71.3 Å². The predicted molar refractivity (Wildman–Crippen MR) is 149 cm³/mol. The van der Waals surface area contributed by atoms with E-state index in [2.05, 4.69) is 4.72 Å². The monoisotopic (exact) mass is 577 g/mol. The molecule has 220 valence electrons. The van der Waals surface area contributed by atoms with Crippen molar-refractivity contribution in [1.29, 1.82) is 0 Å². The summed E-state index contributed by atoms with van der Waals surface area (Å²) in [6, 6.07) is 13.2. The Balaban J connectivity index is 1.61. The SMILES string of the molecule is CCCCS(=O)(=O)NC(Cc1ccc2c(c1)OCC(COCC(=O)OC(C)(C)C)O2)C(=O)OCc1ccccc1. The van der Waals surface area contributed by atoms with Gasteiger partial charge in [-0.25, -0.2) is 17.9 Å². The molecule has 0 radical (unpaired) electrons. The van der Waals surface area contributed by atoms with Crippen LogP contribution in [0.4, 0.5) is 0 Å². The first-order valence-electron chi connectivity index (χ1n) is 13.4. The first kappa shape index (κ1) is 31.4. The molecule has 2 unspecified atom stereocenters. The number of rotatable bonds is 14. The summed E-state index contributed by atoms with van der Waals surface area (Å²) in [6.45, 7) is 7.41. The van der Waals surface area contributed by atoms with Gasteiger partial charge in [0, 0.05) is 0 Å². The number of carbonyl (C=O) groups excluding carboxylic acids is 2. The van der Waals surface area contributed by atoms with Crippen LogP contribution in [0.3, 0.4) is 0 Å². The van der Waals surface area contributed by atoms with Gasteiger partial charge < -0.3 is 23.7 Å². The number of hydrogen-bond donors (Lipinski definition) is 1. The smallest absolute Gasteiger partial charge is 0.332 e. The average molecular weight is 578 g/mol. The summed E-state index contributed by atoms with van der Waals surface area (Å²) in [6.07, 6.45) is 0.831. The molecular formula is C29H39NO9S. The fourth-order valence-corrected chi connectivity index (χ4v) is 5.26. The van der Waals surface area contributed by atoms with Crippen molar-refractivity contribution in [1.82, 2.24) is 4.72 Å². The van der Waals surface area contributed by atoms with Crippen molar-refractivity contribution >= 4 is 22.0 Å². The van der Waals surface area contributed by atoms with Gasteiger partial charge in [-0.2, -0.15) is 0 Å². The van der Waals surface area contributed by atoms with Crippen molar-refractivity contribution in [3.05, 3.63) is 59.7 Å². The summed E-state index contributed by atoms with van der Waals surface area (Å²) < 4.78 is 55.7. The molecule has 1 heterocycles. The minimum atomic E-state index is -3.69. The predicted octanol–water partition coefficient (Wildman–Crippen LogP) is 3.56. The Kier molecular flexibility index (Phi) is 11.4. The van der Waals surface area contributed by atoms with E-state index < -0.39 is 39.7 Å². The van der Waals surface area contributed by atoms with Crippen LogP contribution in [-0.4, -0.2) is 63.7 Å². The summed E-state index contributed by atoms with van der Waals surface area (Å²) in [5.41, 5.74) is 0.878. The second kappa shape index (κ2) is 14.5. The Morgan fingerprint density at radius 1 is 1.07 bits per heavy atom. The molecule has 0 amide bonds. The van der Waals surface area contributed by atoms with Crippen LogP contribution in [0.5, 0.6) is 11.5 Å². The van der Waals surface area contributed by atoms with Gasteiger partial charge in [0.25, 0.3) is 0 Å². The van der Waals surface area contributed by atoms with Crippen molar-refractivity contribution in [3.8, 4) is 11.5 Å². The molecule has 3 rings (SSSR count). The summed E-state index contributed by atoms with van der Waals surface area (Å²) in [5, 5.41) is 0. The molecule has 0 fully saturated rings. The van der Waals surface area contributed by atoms with Gasteiger partial charge in [0.05, 0.1) is 12.4 Å². The lowest BCUT2D eigenvalue weighted by Gasteiger charge is -2.27. The van der Waals surface area contributed by atoms with Gasteiger partial charge in [0.15, 0.2) is 17.6 Å². The van der Waals surface area contributed by atoms with Crippen molar-refractivity contribution in [3.63, 3.8) is 0 Å². The molecule has 10 nitrogen and oxygen atoms in total. The second-order valence-corrected chi connectivity index (χ2v) is 12.4. The molecule has 0 aliphatic carbocycles. The lowest BCUT2D eigenvalue weighted by molar-refractivity contribution is -0.161. The zero-order valence-electron chi connectivity index (χ0n) is 23.5. The molecule has 0 saturated heterocycles. The molecule has 2 aromatic carbocycles. The highest BCUT2D eigenvalue weighted by molar-refractivity contribution is 7.89. The molecular weight excluding hydrogens is 538 g/mol. The summed E-state index contributed by atoms with van der Waals surface area (Å²) in [5.74, 6) is -0.263. The molecule has 1 N–H and O–H groups in total. The zero-order valence-corrected chi connectivity index (χ0v) is 24.3. The average Bonchev–Trinajstić information content (AvgIpc) is 2.89. The van der Waals surface area contributed by atoms with E-state index >= 15 is 0 Å². The van der Waals surface area contributed by atoms with E-state index in [9.17, 15) is 18.0 Å². The lowest BCUT2D eigenvalue weighted by atomic mass is 10.1. The Hall–Kier alpha value is -3.15. The molecule has 1 aliphatic heterocycles. The number of fused-ring (bicyclic) bond motifs is 1. The molecule has 11 heteroatoms. The molecule has 0 aromatic heterocycles. The van der Waals surface area contributed by atoms with Gasteiger partial charge >= 0.3 is 11.9 Å². The largest absolute Gasteiger partial charge is 0.486 e. The first-order valence-corrected chi connectivity index (χ1v) is 15.0. The standard InChI is InChI=1S/C29H39NO9S/c1-5-6-14-40(33,34)30-24(28(32)37-17-21-10-8-7-9-11-21)15-22-12-13-25-26(16-22)36-19-23(38-25)18-35-20-27(31)39-29(2,3)4/h7-13,16,23-24,30H,5-6,14-15,17-20H2,1-4H3. The van der Waals surface area contributed by atoms with E-state index in [0.717, 1.165) is 5.56 Å². The highest BCUT2D eigenvalue weighted by atomic mass is 32.2. The lowest BCUT2D eigenvalue weighted by Crippen LogP contribution is -2.44. The van der Waals surface area contributed by atoms with Gasteiger partial charge in [0.2, 0.25) is 10.0 Å². The maximum Gasteiger partial charge on any atom is 0.332 e. The van der Waals surface area contributed by atoms with Crippen LogP contribution >= 0.6 is 0 Å². The van der Waals surface area contributed by atoms with Crippen molar-refractivity contribution < 1.29 is 41.7 Å². The van der Waals surface area contributed by atoms with Crippen LogP contribution in [0, 0.1) is 0 Å². The van der Waals surface area contributed by atoms with Gasteiger partial charge in [-0.15, -0.1) is 0 Å². The Morgan fingerprint density at radius 3 is 2.52 bits per heavy atom. The van der Waals surface area contributed by atoms with Crippen LogP contribution in [0.1, 0.15) is 51.7 Å². The number of unbranched alkanes of at least 4 members (excludes halogenated alkanes) is 1. The van der Waals surface area contributed by atoms with Gasteiger partial charge in [-0.3, -0.25) is 4.79 Å². The number of esters is 2. The van der Waals surface area contributed by atoms with E-state index in [-0.39, 0.29) is 38.6 Å². The third-order valence-corrected chi connectivity index (χ3v) is 7.18. The minimum Gasteiger partial charge on any atom is -0.486 e. The van der Waals surface area contributed by atoms with Crippen molar-refractivity contribution in [2.75, 3.05) is 25.6 Å². The molecule has 2 atom stereocenters. The molecule has 1 aliphatic rings. The summed E-state index contributed by atoms with van der Waals surface area (Å²) in [7, 11) is -3.69. The van der Waals surface area contributed by atoms with E-state index in [1.54, 1.807) is 39.0 Å². The first-order chi connectivity index (χ1) is 18.9. The Morgan fingerprint density at radius 2 is 1.82 bits per heavy atom. The van der Waals surface area contributed by atoms with Crippen LogP contribution in [0.25, 0.3) is 0 Å². The highest BCUT2D eigenvalue weighted by Gasteiger charge is 2.28. The third kappa shape index (κ3) is 10.8. The van der Waals surface area contributed by atoms with E-state index in [4.69, 9.17) is 23.7 Å². The summed E-state index contributed by atoms with van der Waals surface area (Å²) in [4.78, 5) is 24.8. The Bertz CT molecular complexity index is 1230. The van der Waals surface area contributed by atoms with Crippen molar-refractivity contribution in [2.24, 2.45) is 0 Å². The quantitative estimate of drug-likeness (QED) is 0.335. The van der Waals surface area contributed by atoms with Gasteiger partial charge in [-0.05, 0) is 56.9 Å². The van der Waals surface area contributed by atoms with Crippen LogP contribution in [0.15, 0.2) is 48.5 Å². The molecule has 2 aromatic rings. The van der Waals surface area contributed by atoms with Crippen LogP contribution < -0.4 is 14.2 Å².